The molecule has 0 fully saturated rings. The first-order chi connectivity index (χ1) is 25.9. The predicted octanol–water partition coefficient (Wildman–Crippen LogP) is 9.87. The Hall–Kier alpha value is -6.07. The van der Waals surface area contributed by atoms with Gasteiger partial charge in [0.2, 0.25) is 0 Å². The lowest BCUT2D eigenvalue weighted by molar-refractivity contribution is 0.669. The first-order valence-corrected chi connectivity index (χ1v) is 13.8. The van der Waals surface area contributed by atoms with E-state index in [1.807, 2.05) is 42.5 Å². The lowest BCUT2D eigenvalue weighted by Crippen LogP contribution is -2.00. The molecule has 0 aliphatic carbocycles. The Morgan fingerprint density at radius 2 is 1.05 bits per heavy atom. The number of aromatic nitrogens is 4. The summed E-state index contributed by atoms with van der Waals surface area (Å²) in [5.74, 6) is -0.708. The van der Waals surface area contributed by atoms with Crippen molar-refractivity contribution in [2.24, 2.45) is 0 Å². The minimum Gasteiger partial charge on any atom is -0.456 e. The molecule has 3 heterocycles. The number of benzene rings is 6. The highest BCUT2D eigenvalue weighted by Crippen LogP contribution is 2.36. The lowest BCUT2D eigenvalue weighted by Gasteiger charge is -2.08. The quantitative estimate of drug-likeness (QED) is 0.210. The summed E-state index contributed by atoms with van der Waals surface area (Å²) in [6.45, 7) is 0. The van der Waals surface area contributed by atoms with Gasteiger partial charge in [0.05, 0.1) is 24.7 Å². The second-order valence-corrected chi connectivity index (χ2v) is 10.2. The van der Waals surface area contributed by atoms with Gasteiger partial charge in [-0.1, -0.05) is 103 Å². The molecular weight excluding hydrogens is 540 g/mol. The Morgan fingerprint density at radius 3 is 1.66 bits per heavy atom. The van der Waals surface area contributed by atoms with E-state index in [9.17, 15) is 0 Å². The molecule has 0 saturated heterocycles. The fraction of sp³-hybridized carbons (Fsp3) is 0. The Balaban J connectivity index is 1.25. The van der Waals surface area contributed by atoms with Gasteiger partial charge in [-0.25, -0.2) is 15.0 Å². The van der Waals surface area contributed by atoms with Crippen molar-refractivity contribution in [2.75, 3.05) is 0 Å². The number of nitrogens with zero attached hydrogens (tertiary/aromatic N) is 4. The Labute approximate surface area is 266 Å². The molecule has 206 valence electrons. The standard InChI is InChI=1S/C39H24N4O/c1-3-11-25(12-4-1)37-40-38(26-13-5-2-6-14-26)42-39(41-37)27-19-21-31-32-24-28(20-22-35(32)44-36(31)23-27)43-33-17-9-7-15-29(33)30-16-8-10-18-34(30)43/h1-24H/i1D,2D,3D,4D,5D,6D,11D,12D,13D,14D. The third kappa shape index (κ3) is 3.91. The monoisotopic (exact) mass is 574 g/mol. The van der Waals surface area contributed by atoms with E-state index in [4.69, 9.17) is 18.1 Å². The normalized spacial score (nSPS) is 14.8. The first-order valence-electron chi connectivity index (χ1n) is 18.8. The summed E-state index contributed by atoms with van der Waals surface area (Å²) in [7, 11) is 0. The van der Waals surface area contributed by atoms with Crippen molar-refractivity contribution in [3.05, 3.63) is 145 Å². The van der Waals surface area contributed by atoms with E-state index in [-0.39, 0.29) is 28.6 Å². The van der Waals surface area contributed by atoms with Crippen LogP contribution < -0.4 is 0 Å². The summed E-state index contributed by atoms with van der Waals surface area (Å²) in [6, 6.07) is 21.8. The van der Waals surface area contributed by atoms with Crippen LogP contribution in [0.15, 0.2) is 150 Å². The molecule has 6 aromatic carbocycles. The SMILES string of the molecule is [2H]c1c([2H])c([2H])c(-c2nc(-c3ccc4c(c3)oc3ccc(-n5c6ccccc6c6ccccc65)cc34)nc(-c3c([2H])c([2H])c([2H])c([2H])c3[2H])n2)c([2H])c1[2H]. The zero-order valence-corrected chi connectivity index (χ0v) is 22.8. The third-order valence-corrected chi connectivity index (χ3v) is 7.63. The highest BCUT2D eigenvalue weighted by atomic mass is 16.3. The molecule has 3 aromatic heterocycles. The van der Waals surface area contributed by atoms with Crippen molar-refractivity contribution in [1.29, 1.82) is 0 Å². The van der Waals surface area contributed by atoms with Crippen LogP contribution in [-0.2, 0) is 0 Å². The molecule has 0 N–H and O–H groups in total. The van der Waals surface area contributed by atoms with Crippen LogP contribution in [0.4, 0.5) is 0 Å². The zero-order valence-electron chi connectivity index (χ0n) is 32.8. The molecule has 9 rings (SSSR count). The van der Waals surface area contributed by atoms with Crippen LogP contribution in [0, 0.1) is 0 Å². The Morgan fingerprint density at radius 1 is 0.477 bits per heavy atom. The Kier molecular flexibility index (Phi) is 3.66. The van der Waals surface area contributed by atoms with Crippen LogP contribution in [0.2, 0.25) is 0 Å². The van der Waals surface area contributed by atoms with Crippen molar-refractivity contribution in [1.82, 2.24) is 19.5 Å². The molecule has 5 nitrogen and oxygen atoms in total. The molecule has 0 spiro atoms. The molecule has 0 radical (unpaired) electrons. The average molecular weight is 575 g/mol. The minimum atomic E-state index is -0.610. The molecule has 0 aliphatic rings. The molecule has 0 aliphatic heterocycles. The van der Waals surface area contributed by atoms with Gasteiger partial charge in [0.15, 0.2) is 17.5 Å². The minimum absolute atomic E-state index is 0.0399. The van der Waals surface area contributed by atoms with Crippen LogP contribution >= 0.6 is 0 Å². The van der Waals surface area contributed by atoms with E-state index in [0.29, 0.717) is 16.7 Å². The highest BCUT2D eigenvalue weighted by molar-refractivity contribution is 6.10. The molecule has 0 bridgehead atoms. The van der Waals surface area contributed by atoms with E-state index in [1.54, 1.807) is 12.1 Å². The van der Waals surface area contributed by atoms with Gasteiger partial charge in [-0.2, -0.15) is 0 Å². The van der Waals surface area contributed by atoms with Crippen molar-refractivity contribution in [3.8, 4) is 39.9 Å². The van der Waals surface area contributed by atoms with Crippen LogP contribution in [0.1, 0.15) is 13.7 Å². The second-order valence-electron chi connectivity index (χ2n) is 10.2. The smallest absolute Gasteiger partial charge is 0.164 e. The van der Waals surface area contributed by atoms with Crippen molar-refractivity contribution in [2.45, 2.75) is 0 Å². The number of rotatable bonds is 4. The van der Waals surface area contributed by atoms with E-state index in [0.717, 1.165) is 38.3 Å². The maximum atomic E-state index is 8.58. The molecule has 5 heteroatoms. The predicted molar refractivity (Wildman–Crippen MR) is 178 cm³/mol. The van der Waals surface area contributed by atoms with Gasteiger partial charge in [-0.15, -0.1) is 0 Å². The average Bonchev–Trinajstić information content (AvgIpc) is 3.72. The molecule has 0 unspecified atom stereocenters. The fourth-order valence-corrected chi connectivity index (χ4v) is 5.70. The van der Waals surface area contributed by atoms with Gasteiger partial charge >= 0.3 is 0 Å². The number of hydrogen-bond donors (Lipinski definition) is 0. The van der Waals surface area contributed by atoms with Crippen molar-refractivity contribution >= 4 is 43.7 Å². The summed E-state index contributed by atoms with van der Waals surface area (Å²) < 4.78 is 91.9. The van der Waals surface area contributed by atoms with Gasteiger partial charge in [0, 0.05) is 43.9 Å². The number of furan rings is 1. The summed E-state index contributed by atoms with van der Waals surface area (Å²) in [5, 5.41) is 3.92. The van der Waals surface area contributed by atoms with Crippen LogP contribution in [0.5, 0.6) is 0 Å². The van der Waals surface area contributed by atoms with Crippen LogP contribution in [-0.4, -0.2) is 19.5 Å². The van der Waals surface area contributed by atoms with E-state index >= 15 is 0 Å². The van der Waals surface area contributed by atoms with E-state index < -0.39 is 60.4 Å². The second kappa shape index (κ2) is 9.75. The number of para-hydroxylation sites is 2. The summed E-state index contributed by atoms with van der Waals surface area (Å²) in [5.41, 5.74) is 3.89. The summed E-state index contributed by atoms with van der Waals surface area (Å²) >= 11 is 0. The maximum Gasteiger partial charge on any atom is 0.164 e. The summed E-state index contributed by atoms with van der Waals surface area (Å²) in [4.78, 5) is 13.4. The van der Waals surface area contributed by atoms with Crippen LogP contribution in [0.25, 0.3) is 83.6 Å². The van der Waals surface area contributed by atoms with Gasteiger partial charge in [-0.05, 0) is 42.5 Å². The lowest BCUT2D eigenvalue weighted by atomic mass is 10.1. The maximum absolute atomic E-state index is 8.58. The number of fused-ring (bicyclic) bond motifs is 6. The van der Waals surface area contributed by atoms with Gasteiger partial charge in [-0.3, -0.25) is 0 Å². The van der Waals surface area contributed by atoms with Crippen molar-refractivity contribution in [3.63, 3.8) is 0 Å². The Bertz CT molecular complexity index is 2880. The molecule has 0 saturated carbocycles. The third-order valence-electron chi connectivity index (χ3n) is 7.63. The number of hydrogen-bond acceptors (Lipinski definition) is 4. The molecule has 9 aromatic rings. The highest BCUT2D eigenvalue weighted by Gasteiger charge is 2.16. The van der Waals surface area contributed by atoms with Gasteiger partial charge < -0.3 is 8.98 Å². The first kappa shape index (κ1) is 16.5. The molecule has 44 heavy (non-hydrogen) atoms. The molecule has 0 atom stereocenters. The molecule has 0 amide bonds. The largest absolute Gasteiger partial charge is 0.456 e. The van der Waals surface area contributed by atoms with Gasteiger partial charge in [0.1, 0.15) is 11.2 Å². The molecular formula is C39H24N4O. The van der Waals surface area contributed by atoms with E-state index in [2.05, 4.69) is 49.9 Å². The zero-order chi connectivity index (χ0) is 37.7. The topological polar surface area (TPSA) is 56.7 Å². The van der Waals surface area contributed by atoms with Crippen LogP contribution in [0.3, 0.4) is 0 Å². The van der Waals surface area contributed by atoms with Gasteiger partial charge in [0.25, 0.3) is 0 Å². The van der Waals surface area contributed by atoms with E-state index in [1.165, 1.54) is 0 Å². The summed E-state index contributed by atoms with van der Waals surface area (Å²) in [6.07, 6.45) is 0. The fourth-order valence-electron chi connectivity index (χ4n) is 5.70. The van der Waals surface area contributed by atoms with Crippen molar-refractivity contribution < 1.29 is 18.1 Å².